The number of hydrogen-bond donors (Lipinski definition) is 1. The van der Waals surface area contributed by atoms with Crippen LogP contribution in [-0.4, -0.2) is 18.7 Å². The van der Waals surface area contributed by atoms with Crippen LogP contribution >= 0.6 is 0 Å². The summed E-state index contributed by atoms with van der Waals surface area (Å²) < 4.78 is 32.0. The number of hydrogen-bond acceptors (Lipinski definition) is 3. The summed E-state index contributed by atoms with van der Waals surface area (Å²) >= 11 is 0. The number of aliphatic imine (C=N–C) groups is 1. The molecule has 0 aliphatic heterocycles. The van der Waals surface area contributed by atoms with Crippen LogP contribution in [0.1, 0.15) is 29.5 Å². The Kier molecular flexibility index (Phi) is 4.15. The highest BCUT2D eigenvalue weighted by atomic mass is 32.2. The average Bonchev–Trinajstić information content (AvgIpc) is 2.54. The molecule has 1 aliphatic rings. The van der Waals surface area contributed by atoms with E-state index in [4.69, 9.17) is 0 Å². The van der Waals surface area contributed by atoms with Crippen LogP contribution in [0.15, 0.2) is 58.9 Å². The van der Waals surface area contributed by atoms with Gasteiger partial charge in [0.1, 0.15) is 0 Å². The largest absolute Gasteiger partial charge is 0.294 e. The minimum atomic E-state index is -4.26. The van der Waals surface area contributed by atoms with Crippen molar-refractivity contribution in [1.29, 1.82) is 0 Å². The predicted octanol–water partition coefficient (Wildman–Crippen LogP) is 4.03. The number of aryl methyl sites for hydroxylation is 1. The molecule has 1 aliphatic carbocycles. The molecule has 0 saturated heterocycles. The fraction of sp³-hybridized carbons (Fsp3) is 0.167. The summed E-state index contributed by atoms with van der Waals surface area (Å²) in [7, 11) is -4.26. The van der Waals surface area contributed by atoms with E-state index in [1.807, 2.05) is 18.2 Å². The Morgan fingerprint density at radius 1 is 1.13 bits per heavy atom. The van der Waals surface area contributed by atoms with Gasteiger partial charge in [-0.1, -0.05) is 43.0 Å². The van der Waals surface area contributed by atoms with Gasteiger partial charge in [-0.3, -0.25) is 9.55 Å². The summed E-state index contributed by atoms with van der Waals surface area (Å²) in [6, 6.07) is 12.4. The third-order valence-corrected chi connectivity index (χ3v) is 4.81. The van der Waals surface area contributed by atoms with E-state index in [0.29, 0.717) is 5.69 Å². The quantitative estimate of drug-likeness (QED) is 0.865. The van der Waals surface area contributed by atoms with E-state index in [2.05, 4.69) is 17.6 Å². The van der Waals surface area contributed by atoms with Gasteiger partial charge in [-0.25, -0.2) is 0 Å². The Hall–Kier alpha value is -2.24. The van der Waals surface area contributed by atoms with Crippen molar-refractivity contribution in [1.82, 2.24) is 0 Å². The van der Waals surface area contributed by atoms with E-state index >= 15 is 0 Å². The normalized spacial score (nSPS) is 16.1. The number of rotatable bonds is 3. The minimum Gasteiger partial charge on any atom is -0.282 e. The second kappa shape index (κ2) is 6.10. The lowest BCUT2D eigenvalue weighted by Gasteiger charge is -2.18. The molecular weight excluding hydrogens is 310 g/mol. The van der Waals surface area contributed by atoms with Crippen molar-refractivity contribution in [3.63, 3.8) is 0 Å². The van der Waals surface area contributed by atoms with Crippen molar-refractivity contribution in [2.75, 3.05) is 0 Å². The molecule has 1 N–H and O–H groups in total. The zero-order valence-corrected chi connectivity index (χ0v) is 13.4. The predicted molar refractivity (Wildman–Crippen MR) is 91.9 cm³/mol. The highest BCUT2D eigenvalue weighted by molar-refractivity contribution is 7.85. The van der Waals surface area contributed by atoms with Crippen molar-refractivity contribution in [2.45, 2.75) is 24.2 Å². The highest BCUT2D eigenvalue weighted by Crippen LogP contribution is 2.29. The van der Waals surface area contributed by atoms with Crippen LogP contribution in [0.25, 0.3) is 6.08 Å². The van der Waals surface area contributed by atoms with Crippen molar-refractivity contribution in [3.8, 4) is 0 Å². The van der Waals surface area contributed by atoms with Crippen LogP contribution in [0.2, 0.25) is 0 Å². The first-order valence-corrected chi connectivity index (χ1v) is 8.83. The Bertz CT molecular complexity index is 898. The molecule has 0 amide bonds. The summed E-state index contributed by atoms with van der Waals surface area (Å²) in [4.78, 5) is 4.51. The monoisotopic (exact) mass is 327 g/mol. The molecule has 3 rings (SSSR count). The first-order chi connectivity index (χ1) is 11.0. The van der Waals surface area contributed by atoms with Crippen LogP contribution in [0, 0.1) is 0 Å². The Morgan fingerprint density at radius 3 is 2.65 bits per heavy atom. The van der Waals surface area contributed by atoms with Gasteiger partial charge in [0.05, 0.1) is 10.6 Å². The zero-order chi connectivity index (χ0) is 16.4. The van der Waals surface area contributed by atoms with E-state index in [0.717, 1.165) is 36.1 Å². The van der Waals surface area contributed by atoms with E-state index in [9.17, 15) is 13.0 Å². The molecule has 0 atom stereocenters. The molecule has 0 fully saturated rings. The molecule has 0 saturated carbocycles. The topological polar surface area (TPSA) is 66.7 Å². The van der Waals surface area contributed by atoms with Gasteiger partial charge in [-0.05, 0) is 48.1 Å². The molecule has 0 spiro atoms. The Balaban J connectivity index is 2.14. The van der Waals surface area contributed by atoms with E-state index in [1.54, 1.807) is 12.1 Å². The lowest BCUT2D eigenvalue weighted by molar-refractivity contribution is 0.483. The molecule has 0 radical (unpaired) electrons. The summed E-state index contributed by atoms with van der Waals surface area (Å²) in [5.41, 5.74) is 4.52. The summed E-state index contributed by atoms with van der Waals surface area (Å²) in [6.45, 7) is 3.74. The molecule has 2 aromatic carbocycles. The van der Waals surface area contributed by atoms with Crippen molar-refractivity contribution in [2.24, 2.45) is 4.99 Å². The van der Waals surface area contributed by atoms with Gasteiger partial charge >= 0.3 is 0 Å². The SMILES string of the molecule is C=Cc1ccc(S(=O)(=O)O)cc1N=C1CCCc2ccccc21. The molecule has 23 heavy (non-hydrogen) atoms. The first kappa shape index (κ1) is 15.6. The number of fused-ring (bicyclic) bond motifs is 1. The lowest BCUT2D eigenvalue weighted by Crippen LogP contribution is -2.11. The van der Waals surface area contributed by atoms with Gasteiger partial charge in [0.25, 0.3) is 10.1 Å². The fourth-order valence-electron chi connectivity index (χ4n) is 2.82. The Morgan fingerprint density at radius 2 is 1.91 bits per heavy atom. The maximum absolute atomic E-state index is 11.4. The molecule has 2 aromatic rings. The second-order valence-electron chi connectivity index (χ2n) is 5.47. The Labute approximate surface area is 136 Å². The number of nitrogens with zero attached hydrogens (tertiary/aromatic N) is 1. The highest BCUT2D eigenvalue weighted by Gasteiger charge is 2.16. The van der Waals surface area contributed by atoms with Crippen LogP contribution in [-0.2, 0) is 16.5 Å². The molecule has 118 valence electrons. The lowest BCUT2D eigenvalue weighted by atomic mass is 9.90. The molecule has 0 unspecified atom stereocenters. The van der Waals surface area contributed by atoms with Gasteiger partial charge in [-0.2, -0.15) is 8.42 Å². The van der Waals surface area contributed by atoms with E-state index < -0.39 is 10.1 Å². The van der Waals surface area contributed by atoms with Gasteiger partial charge in [0, 0.05) is 5.71 Å². The van der Waals surface area contributed by atoms with Gasteiger partial charge in [0.15, 0.2) is 0 Å². The van der Waals surface area contributed by atoms with E-state index in [-0.39, 0.29) is 4.90 Å². The summed E-state index contributed by atoms with van der Waals surface area (Å²) in [6.07, 6.45) is 4.50. The van der Waals surface area contributed by atoms with E-state index in [1.165, 1.54) is 17.7 Å². The van der Waals surface area contributed by atoms with Gasteiger partial charge in [0.2, 0.25) is 0 Å². The van der Waals surface area contributed by atoms with Crippen LogP contribution in [0.3, 0.4) is 0 Å². The summed E-state index contributed by atoms with van der Waals surface area (Å²) in [5, 5.41) is 0. The van der Waals surface area contributed by atoms with Crippen molar-refractivity contribution >= 4 is 27.6 Å². The maximum atomic E-state index is 11.4. The third-order valence-electron chi connectivity index (χ3n) is 3.96. The third kappa shape index (κ3) is 3.25. The smallest absolute Gasteiger partial charge is 0.282 e. The maximum Gasteiger partial charge on any atom is 0.294 e. The second-order valence-corrected chi connectivity index (χ2v) is 6.89. The van der Waals surface area contributed by atoms with Crippen LogP contribution < -0.4 is 0 Å². The van der Waals surface area contributed by atoms with Crippen molar-refractivity contribution in [3.05, 3.63) is 65.7 Å². The minimum absolute atomic E-state index is 0.161. The molecule has 0 bridgehead atoms. The average molecular weight is 327 g/mol. The van der Waals surface area contributed by atoms with Crippen molar-refractivity contribution < 1.29 is 13.0 Å². The van der Waals surface area contributed by atoms with Crippen LogP contribution in [0.4, 0.5) is 5.69 Å². The first-order valence-electron chi connectivity index (χ1n) is 7.39. The zero-order valence-electron chi connectivity index (χ0n) is 12.6. The van der Waals surface area contributed by atoms with Gasteiger partial charge < -0.3 is 0 Å². The van der Waals surface area contributed by atoms with Crippen LogP contribution in [0.5, 0.6) is 0 Å². The fourth-order valence-corrected chi connectivity index (χ4v) is 3.32. The molecule has 4 nitrogen and oxygen atoms in total. The summed E-state index contributed by atoms with van der Waals surface area (Å²) in [5.74, 6) is 0. The molecule has 0 aromatic heterocycles. The standard InChI is InChI=1S/C18H17NO3S/c1-2-13-10-11-15(23(20,21)22)12-18(13)19-17-9-5-7-14-6-3-4-8-16(14)17/h2-4,6,8,10-12H,1,5,7,9H2,(H,20,21,22). The molecule has 0 heterocycles. The molecule has 5 heteroatoms. The molecular formula is C18H17NO3S. The number of benzene rings is 2. The van der Waals surface area contributed by atoms with Gasteiger partial charge in [-0.15, -0.1) is 0 Å².